The molecule has 1 saturated carbocycles. The van der Waals surface area contributed by atoms with E-state index in [1.165, 1.54) is 12.8 Å². The molecule has 4 nitrogen and oxygen atoms in total. The van der Waals surface area contributed by atoms with Gasteiger partial charge < -0.3 is 15.4 Å². The van der Waals surface area contributed by atoms with E-state index >= 15 is 0 Å². The van der Waals surface area contributed by atoms with Crippen molar-refractivity contribution < 1.29 is 9.53 Å². The van der Waals surface area contributed by atoms with Gasteiger partial charge in [0, 0.05) is 0 Å². The molecular weight excluding hydrogens is 240 g/mol. The first kappa shape index (κ1) is 13.9. The van der Waals surface area contributed by atoms with Gasteiger partial charge in [-0.3, -0.25) is 4.79 Å². The summed E-state index contributed by atoms with van der Waals surface area (Å²) >= 11 is 0. The number of benzene rings is 1. The fraction of sp³-hybridized carbons (Fsp3) is 0.533. The Kier molecular flexibility index (Phi) is 4.80. The number of rotatable bonds is 7. The number of carbonyl (C=O) groups excluding carboxylic acids is 1. The lowest BCUT2D eigenvalue weighted by molar-refractivity contribution is -0.115. The van der Waals surface area contributed by atoms with Crippen LogP contribution in [-0.4, -0.2) is 25.6 Å². The Balaban J connectivity index is 1.87. The lowest BCUT2D eigenvalue weighted by Gasteiger charge is -2.12. The molecule has 0 aromatic heterocycles. The molecule has 0 saturated heterocycles. The Morgan fingerprint density at radius 1 is 1.42 bits per heavy atom. The largest absolute Gasteiger partial charge is 0.492 e. The van der Waals surface area contributed by atoms with Crippen molar-refractivity contribution in [2.45, 2.75) is 26.7 Å². The zero-order chi connectivity index (χ0) is 13.7. The minimum Gasteiger partial charge on any atom is -0.492 e. The summed E-state index contributed by atoms with van der Waals surface area (Å²) in [6.45, 7) is 5.83. The van der Waals surface area contributed by atoms with E-state index in [0.29, 0.717) is 13.2 Å². The molecule has 1 aliphatic rings. The standard InChI is InChI=1S/C15H22N2O2/c1-3-19-14-8-11(2)4-7-13(14)17-15(18)10-16-9-12-5-6-12/h4,7-8,12,16H,3,5-6,9-10H2,1-2H3,(H,17,18). The summed E-state index contributed by atoms with van der Waals surface area (Å²) in [7, 11) is 0. The van der Waals surface area contributed by atoms with Gasteiger partial charge in [-0.25, -0.2) is 0 Å². The third-order valence-electron chi connectivity index (χ3n) is 3.13. The average Bonchev–Trinajstić information content (AvgIpc) is 3.17. The van der Waals surface area contributed by atoms with E-state index in [0.717, 1.165) is 29.5 Å². The van der Waals surface area contributed by atoms with Gasteiger partial charge in [-0.05, 0) is 56.8 Å². The summed E-state index contributed by atoms with van der Waals surface area (Å²) in [6.07, 6.45) is 2.59. The zero-order valence-electron chi connectivity index (χ0n) is 11.7. The molecule has 0 spiro atoms. The van der Waals surface area contributed by atoms with Gasteiger partial charge in [-0.15, -0.1) is 0 Å². The molecule has 19 heavy (non-hydrogen) atoms. The van der Waals surface area contributed by atoms with Crippen LogP contribution >= 0.6 is 0 Å². The molecule has 2 rings (SSSR count). The van der Waals surface area contributed by atoms with Crippen molar-refractivity contribution in [2.24, 2.45) is 5.92 Å². The summed E-state index contributed by atoms with van der Waals surface area (Å²) < 4.78 is 5.54. The number of hydrogen-bond acceptors (Lipinski definition) is 3. The molecular formula is C15H22N2O2. The van der Waals surface area contributed by atoms with E-state index < -0.39 is 0 Å². The molecule has 1 fully saturated rings. The number of anilines is 1. The number of nitrogens with one attached hydrogen (secondary N) is 2. The maximum Gasteiger partial charge on any atom is 0.238 e. The molecule has 1 amide bonds. The van der Waals surface area contributed by atoms with E-state index in [1.54, 1.807) is 0 Å². The smallest absolute Gasteiger partial charge is 0.238 e. The first-order valence-electron chi connectivity index (χ1n) is 6.93. The molecule has 0 unspecified atom stereocenters. The van der Waals surface area contributed by atoms with E-state index in [-0.39, 0.29) is 5.91 Å². The maximum absolute atomic E-state index is 11.8. The fourth-order valence-corrected chi connectivity index (χ4v) is 1.91. The van der Waals surface area contributed by atoms with Crippen LogP contribution in [0.15, 0.2) is 18.2 Å². The molecule has 2 N–H and O–H groups in total. The number of hydrogen-bond donors (Lipinski definition) is 2. The van der Waals surface area contributed by atoms with Crippen LogP contribution in [0.5, 0.6) is 5.75 Å². The zero-order valence-corrected chi connectivity index (χ0v) is 11.7. The van der Waals surface area contributed by atoms with Crippen LogP contribution in [0.25, 0.3) is 0 Å². The van der Waals surface area contributed by atoms with Crippen molar-refractivity contribution in [1.82, 2.24) is 5.32 Å². The second-order valence-corrected chi connectivity index (χ2v) is 5.06. The van der Waals surface area contributed by atoms with Crippen LogP contribution in [0.3, 0.4) is 0 Å². The molecule has 0 aliphatic heterocycles. The molecule has 1 aliphatic carbocycles. The molecule has 1 aromatic carbocycles. The summed E-state index contributed by atoms with van der Waals surface area (Å²) in [6, 6.07) is 5.80. The van der Waals surface area contributed by atoms with E-state index in [4.69, 9.17) is 4.74 Å². The highest BCUT2D eigenvalue weighted by Gasteiger charge is 2.20. The van der Waals surface area contributed by atoms with Crippen molar-refractivity contribution in [3.63, 3.8) is 0 Å². The SMILES string of the molecule is CCOc1cc(C)ccc1NC(=O)CNCC1CC1. The van der Waals surface area contributed by atoms with E-state index in [9.17, 15) is 4.79 Å². The Bertz CT molecular complexity index is 442. The van der Waals surface area contributed by atoms with Crippen LogP contribution in [-0.2, 0) is 4.79 Å². The first-order chi connectivity index (χ1) is 9.19. The molecule has 0 atom stereocenters. The molecule has 0 radical (unpaired) electrons. The average molecular weight is 262 g/mol. The Morgan fingerprint density at radius 3 is 2.89 bits per heavy atom. The summed E-state index contributed by atoms with van der Waals surface area (Å²) in [5, 5.41) is 6.07. The highest BCUT2D eigenvalue weighted by Crippen LogP contribution is 2.27. The molecule has 0 heterocycles. The van der Waals surface area contributed by atoms with Crippen molar-refractivity contribution in [3.05, 3.63) is 23.8 Å². The third kappa shape index (κ3) is 4.56. The van der Waals surface area contributed by atoms with Crippen LogP contribution < -0.4 is 15.4 Å². The number of aryl methyl sites for hydroxylation is 1. The van der Waals surface area contributed by atoms with E-state index in [1.807, 2.05) is 32.0 Å². The van der Waals surface area contributed by atoms with Gasteiger partial charge in [0.2, 0.25) is 5.91 Å². The number of carbonyl (C=O) groups is 1. The predicted octanol–water partition coefficient (Wildman–Crippen LogP) is 2.33. The van der Waals surface area contributed by atoms with Gasteiger partial charge in [-0.2, -0.15) is 0 Å². The minimum atomic E-state index is -0.0227. The second-order valence-electron chi connectivity index (χ2n) is 5.06. The predicted molar refractivity (Wildman–Crippen MR) is 76.6 cm³/mol. The Labute approximate surface area is 114 Å². The lowest BCUT2D eigenvalue weighted by Crippen LogP contribution is -2.29. The topological polar surface area (TPSA) is 50.4 Å². The normalized spacial score (nSPS) is 14.2. The van der Waals surface area contributed by atoms with Crippen molar-refractivity contribution >= 4 is 11.6 Å². The maximum atomic E-state index is 11.8. The lowest BCUT2D eigenvalue weighted by atomic mass is 10.2. The van der Waals surface area contributed by atoms with Gasteiger partial charge in [0.25, 0.3) is 0 Å². The van der Waals surface area contributed by atoms with Crippen LogP contribution in [0.4, 0.5) is 5.69 Å². The highest BCUT2D eigenvalue weighted by atomic mass is 16.5. The van der Waals surface area contributed by atoms with Crippen molar-refractivity contribution in [2.75, 3.05) is 25.0 Å². The Morgan fingerprint density at radius 2 is 2.21 bits per heavy atom. The van der Waals surface area contributed by atoms with Gasteiger partial charge in [0.1, 0.15) is 5.75 Å². The molecule has 1 aromatic rings. The quantitative estimate of drug-likeness (QED) is 0.793. The summed E-state index contributed by atoms with van der Waals surface area (Å²) in [4.78, 5) is 11.8. The highest BCUT2D eigenvalue weighted by molar-refractivity contribution is 5.93. The second kappa shape index (κ2) is 6.57. The summed E-state index contributed by atoms with van der Waals surface area (Å²) in [5.41, 5.74) is 1.86. The Hall–Kier alpha value is -1.55. The van der Waals surface area contributed by atoms with Crippen molar-refractivity contribution in [1.29, 1.82) is 0 Å². The summed E-state index contributed by atoms with van der Waals surface area (Å²) in [5.74, 6) is 1.50. The van der Waals surface area contributed by atoms with Gasteiger partial charge >= 0.3 is 0 Å². The molecule has 0 bridgehead atoms. The van der Waals surface area contributed by atoms with Crippen LogP contribution in [0.1, 0.15) is 25.3 Å². The monoisotopic (exact) mass is 262 g/mol. The van der Waals surface area contributed by atoms with Gasteiger partial charge in [0.05, 0.1) is 18.8 Å². The minimum absolute atomic E-state index is 0.0227. The fourth-order valence-electron chi connectivity index (χ4n) is 1.91. The first-order valence-corrected chi connectivity index (χ1v) is 6.93. The van der Waals surface area contributed by atoms with Crippen molar-refractivity contribution in [3.8, 4) is 5.75 Å². The third-order valence-corrected chi connectivity index (χ3v) is 3.13. The number of ether oxygens (including phenoxy) is 1. The van der Waals surface area contributed by atoms with Crippen LogP contribution in [0.2, 0.25) is 0 Å². The van der Waals surface area contributed by atoms with Gasteiger partial charge in [0.15, 0.2) is 0 Å². The molecule has 4 heteroatoms. The van der Waals surface area contributed by atoms with E-state index in [2.05, 4.69) is 10.6 Å². The molecule has 104 valence electrons. The van der Waals surface area contributed by atoms with Gasteiger partial charge in [-0.1, -0.05) is 6.07 Å². The number of amides is 1. The van der Waals surface area contributed by atoms with Crippen LogP contribution in [0, 0.1) is 12.8 Å².